The highest BCUT2D eigenvalue weighted by molar-refractivity contribution is 5.29. The largest absolute Gasteiger partial charge is 0.497 e. The van der Waals surface area contributed by atoms with Crippen LogP contribution in [0, 0.1) is 0 Å². The van der Waals surface area contributed by atoms with Gasteiger partial charge >= 0.3 is 0 Å². The third-order valence-corrected chi connectivity index (χ3v) is 3.83. The van der Waals surface area contributed by atoms with Crippen molar-refractivity contribution in [3.05, 3.63) is 29.8 Å². The average Bonchev–Trinajstić information content (AvgIpc) is 2.56. The van der Waals surface area contributed by atoms with Crippen LogP contribution in [0.3, 0.4) is 0 Å². The molecule has 2 rings (SSSR count). The van der Waals surface area contributed by atoms with Crippen LogP contribution in [-0.2, 0) is 9.47 Å². The number of hydrogen-bond donors (Lipinski definition) is 1. The summed E-state index contributed by atoms with van der Waals surface area (Å²) in [6.07, 6.45) is 3.46. The molecule has 1 N–H and O–H groups in total. The predicted octanol–water partition coefficient (Wildman–Crippen LogP) is 2.93. The summed E-state index contributed by atoms with van der Waals surface area (Å²) in [5.74, 6) is 0.887. The number of hydrogen-bond acceptors (Lipinski definition) is 4. The standard InChI is InChI=1S/C17H27NO3/c1-3-10-18-17(13-21-16-8-11-20-12-9-16)14-4-6-15(19-2)7-5-14/h4-7,16-18H,3,8-13H2,1-2H3. The van der Waals surface area contributed by atoms with E-state index in [1.54, 1.807) is 7.11 Å². The number of rotatable bonds is 8. The Labute approximate surface area is 127 Å². The maximum absolute atomic E-state index is 6.08. The molecule has 0 bridgehead atoms. The zero-order valence-corrected chi connectivity index (χ0v) is 13.1. The molecule has 1 unspecified atom stereocenters. The van der Waals surface area contributed by atoms with Crippen molar-refractivity contribution in [3.63, 3.8) is 0 Å². The van der Waals surface area contributed by atoms with E-state index in [-0.39, 0.29) is 6.04 Å². The van der Waals surface area contributed by atoms with Gasteiger partial charge in [0.05, 0.1) is 25.9 Å². The summed E-state index contributed by atoms with van der Waals surface area (Å²) >= 11 is 0. The van der Waals surface area contributed by atoms with E-state index in [4.69, 9.17) is 14.2 Å². The van der Waals surface area contributed by atoms with E-state index in [0.717, 1.165) is 44.8 Å². The lowest BCUT2D eigenvalue weighted by Crippen LogP contribution is -2.30. The number of methoxy groups -OCH3 is 1. The zero-order valence-electron chi connectivity index (χ0n) is 13.1. The van der Waals surface area contributed by atoms with Gasteiger partial charge in [-0.15, -0.1) is 0 Å². The third kappa shape index (κ3) is 5.30. The van der Waals surface area contributed by atoms with Gasteiger partial charge < -0.3 is 19.5 Å². The molecule has 0 saturated carbocycles. The molecule has 0 amide bonds. The fourth-order valence-electron chi connectivity index (χ4n) is 2.50. The summed E-state index contributed by atoms with van der Waals surface area (Å²) < 4.78 is 16.7. The van der Waals surface area contributed by atoms with E-state index in [1.807, 2.05) is 12.1 Å². The molecule has 118 valence electrons. The molecule has 1 aromatic carbocycles. The summed E-state index contributed by atoms with van der Waals surface area (Å²) in [5, 5.41) is 3.57. The van der Waals surface area contributed by atoms with Gasteiger partial charge in [-0.1, -0.05) is 19.1 Å². The summed E-state index contributed by atoms with van der Waals surface area (Å²) in [5.41, 5.74) is 1.25. The topological polar surface area (TPSA) is 39.7 Å². The predicted molar refractivity (Wildman–Crippen MR) is 83.8 cm³/mol. The Morgan fingerprint density at radius 2 is 1.95 bits per heavy atom. The van der Waals surface area contributed by atoms with Gasteiger partial charge in [0.25, 0.3) is 0 Å². The molecular weight excluding hydrogens is 266 g/mol. The molecule has 1 aliphatic heterocycles. The lowest BCUT2D eigenvalue weighted by Gasteiger charge is -2.26. The molecule has 21 heavy (non-hydrogen) atoms. The highest BCUT2D eigenvalue weighted by Gasteiger charge is 2.17. The second-order valence-electron chi connectivity index (χ2n) is 5.42. The maximum atomic E-state index is 6.08. The van der Waals surface area contributed by atoms with Crippen LogP contribution in [0.5, 0.6) is 5.75 Å². The Kier molecular flexibility index (Phi) is 7.00. The molecule has 1 aromatic rings. The minimum Gasteiger partial charge on any atom is -0.497 e. The fraction of sp³-hybridized carbons (Fsp3) is 0.647. The van der Waals surface area contributed by atoms with Crippen molar-refractivity contribution in [1.29, 1.82) is 0 Å². The zero-order chi connectivity index (χ0) is 14.9. The van der Waals surface area contributed by atoms with Crippen molar-refractivity contribution in [3.8, 4) is 5.75 Å². The number of benzene rings is 1. The lowest BCUT2D eigenvalue weighted by molar-refractivity contribution is -0.0383. The molecule has 0 aromatic heterocycles. The van der Waals surface area contributed by atoms with Crippen molar-refractivity contribution in [1.82, 2.24) is 5.32 Å². The molecule has 1 heterocycles. The molecule has 4 nitrogen and oxygen atoms in total. The Morgan fingerprint density at radius 1 is 1.24 bits per heavy atom. The molecule has 1 saturated heterocycles. The first-order valence-corrected chi connectivity index (χ1v) is 7.90. The van der Waals surface area contributed by atoms with Gasteiger partial charge in [-0.05, 0) is 43.5 Å². The molecule has 1 atom stereocenters. The first-order valence-electron chi connectivity index (χ1n) is 7.90. The highest BCUT2D eigenvalue weighted by atomic mass is 16.5. The summed E-state index contributed by atoms with van der Waals surface area (Å²) in [6.45, 7) is 5.52. The van der Waals surface area contributed by atoms with E-state index in [2.05, 4.69) is 24.4 Å². The first kappa shape index (κ1) is 16.3. The molecule has 0 aliphatic carbocycles. The molecule has 1 aliphatic rings. The average molecular weight is 293 g/mol. The first-order chi connectivity index (χ1) is 10.3. The van der Waals surface area contributed by atoms with Crippen LogP contribution < -0.4 is 10.1 Å². The van der Waals surface area contributed by atoms with Gasteiger partial charge in [0, 0.05) is 13.2 Å². The summed E-state index contributed by atoms with van der Waals surface area (Å²) in [4.78, 5) is 0. The molecule has 0 radical (unpaired) electrons. The van der Waals surface area contributed by atoms with Gasteiger partial charge in [-0.2, -0.15) is 0 Å². The van der Waals surface area contributed by atoms with Crippen molar-refractivity contribution < 1.29 is 14.2 Å². The van der Waals surface area contributed by atoms with Gasteiger partial charge in [0.1, 0.15) is 5.75 Å². The van der Waals surface area contributed by atoms with Gasteiger partial charge in [-0.3, -0.25) is 0 Å². The number of nitrogens with one attached hydrogen (secondary N) is 1. The van der Waals surface area contributed by atoms with Crippen LogP contribution in [-0.4, -0.2) is 39.6 Å². The van der Waals surface area contributed by atoms with Gasteiger partial charge in [-0.25, -0.2) is 0 Å². The van der Waals surface area contributed by atoms with Crippen LogP contribution in [0.2, 0.25) is 0 Å². The fourth-order valence-corrected chi connectivity index (χ4v) is 2.50. The van der Waals surface area contributed by atoms with Crippen molar-refractivity contribution in [2.24, 2.45) is 0 Å². The monoisotopic (exact) mass is 293 g/mol. The van der Waals surface area contributed by atoms with Crippen LogP contribution in [0.4, 0.5) is 0 Å². The van der Waals surface area contributed by atoms with Gasteiger partial charge in [0.15, 0.2) is 0 Å². The van der Waals surface area contributed by atoms with Crippen LogP contribution in [0.1, 0.15) is 37.8 Å². The second-order valence-corrected chi connectivity index (χ2v) is 5.42. The summed E-state index contributed by atoms with van der Waals surface area (Å²) in [6, 6.07) is 8.46. The van der Waals surface area contributed by atoms with E-state index in [0.29, 0.717) is 12.7 Å². The van der Waals surface area contributed by atoms with Crippen LogP contribution >= 0.6 is 0 Å². The molecular formula is C17H27NO3. The minimum atomic E-state index is 0.235. The molecule has 0 spiro atoms. The number of ether oxygens (including phenoxy) is 3. The van der Waals surface area contributed by atoms with E-state index < -0.39 is 0 Å². The maximum Gasteiger partial charge on any atom is 0.118 e. The van der Waals surface area contributed by atoms with Gasteiger partial charge in [0.2, 0.25) is 0 Å². The summed E-state index contributed by atoms with van der Waals surface area (Å²) in [7, 11) is 1.69. The van der Waals surface area contributed by atoms with E-state index in [1.165, 1.54) is 5.56 Å². The Hall–Kier alpha value is -1.10. The normalized spacial score (nSPS) is 17.6. The Balaban J connectivity index is 1.91. The quantitative estimate of drug-likeness (QED) is 0.800. The van der Waals surface area contributed by atoms with Crippen LogP contribution in [0.15, 0.2) is 24.3 Å². The molecule has 1 fully saturated rings. The SMILES string of the molecule is CCCNC(COC1CCOCC1)c1ccc(OC)cc1. The highest BCUT2D eigenvalue weighted by Crippen LogP contribution is 2.20. The van der Waals surface area contributed by atoms with Crippen molar-refractivity contribution in [2.75, 3.05) is 33.5 Å². The molecule has 4 heteroatoms. The minimum absolute atomic E-state index is 0.235. The smallest absolute Gasteiger partial charge is 0.118 e. The van der Waals surface area contributed by atoms with E-state index >= 15 is 0 Å². The third-order valence-electron chi connectivity index (χ3n) is 3.83. The van der Waals surface area contributed by atoms with Crippen molar-refractivity contribution in [2.45, 2.75) is 38.3 Å². The second kappa shape index (κ2) is 9.03. The lowest BCUT2D eigenvalue weighted by atomic mass is 10.1. The van der Waals surface area contributed by atoms with E-state index in [9.17, 15) is 0 Å². The van der Waals surface area contributed by atoms with Crippen molar-refractivity contribution >= 4 is 0 Å². The Bertz CT molecular complexity index is 388. The van der Waals surface area contributed by atoms with Crippen LogP contribution in [0.25, 0.3) is 0 Å². The Morgan fingerprint density at radius 3 is 2.57 bits per heavy atom.